The summed E-state index contributed by atoms with van der Waals surface area (Å²) in [4.78, 5) is 11.0. The van der Waals surface area contributed by atoms with Gasteiger partial charge in [0.25, 0.3) is 5.78 Å². The molecule has 0 saturated heterocycles. The first-order valence-electron chi connectivity index (χ1n) is 8.39. The van der Waals surface area contributed by atoms with E-state index in [1.165, 1.54) is 11.9 Å². The van der Waals surface area contributed by atoms with E-state index in [0.717, 1.165) is 30.0 Å². The molecule has 2 aromatic heterocycles. The lowest BCUT2D eigenvalue weighted by atomic mass is 10.1. The molecule has 1 aliphatic heterocycles. The molecule has 0 aliphatic carbocycles. The van der Waals surface area contributed by atoms with Crippen molar-refractivity contribution in [2.45, 2.75) is 19.9 Å². The number of hydrogen-bond donors (Lipinski definition) is 0. The minimum atomic E-state index is 0.597. The molecule has 0 fully saturated rings. The fourth-order valence-corrected chi connectivity index (χ4v) is 3.54. The Morgan fingerprint density at radius 1 is 1.08 bits per heavy atom. The van der Waals surface area contributed by atoms with Crippen LogP contribution in [0.1, 0.15) is 16.8 Å². The first-order chi connectivity index (χ1) is 12.7. The number of aromatic nitrogens is 4. The summed E-state index contributed by atoms with van der Waals surface area (Å²) in [5.74, 6) is 3.58. The molecule has 0 N–H and O–H groups in total. The number of aryl methyl sites for hydroxylation is 1. The van der Waals surface area contributed by atoms with Crippen molar-refractivity contribution < 1.29 is 14.2 Å². The summed E-state index contributed by atoms with van der Waals surface area (Å²) in [5, 5.41) is 4.35. The predicted molar refractivity (Wildman–Crippen MR) is 96.4 cm³/mol. The minimum Gasteiger partial charge on any atom is -0.493 e. The number of nitrogens with zero attached hydrogens (tertiary/aromatic N) is 5. The number of anilines is 1. The van der Waals surface area contributed by atoms with E-state index in [2.05, 4.69) is 20.0 Å². The van der Waals surface area contributed by atoms with Gasteiger partial charge < -0.3 is 19.1 Å². The van der Waals surface area contributed by atoms with Crippen LogP contribution in [0.15, 0.2) is 18.5 Å². The zero-order valence-electron chi connectivity index (χ0n) is 15.3. The maximum Gasteiger partial charge on any atom is 0.254 e. The average molecular weight is 355 g/mol. The Morgan fingerprint density at radius 3 is 2.46 bits per heavy atom. The number of fused-ring (bicyclic) bond motifs is 3. The van der Waals surface area contributed by atoms with Gasteiger partial charge in [-0.15, -0.1) is 0 Å². The highest BCUT2D eigenvalue weighted by Crippen LogP contribution is 2.39. The quantitative estimate of drug-likeness (QED) is 0.693. The van der Waals surface area contributed by atoms with Crippen LogP contribution in [0.25, 0.3) is 5.78 Å². The second-order valence-electron chi connectivity index (χ2n) is 6.18. The molecule has 0 bridgehead atoms. The zero-order valence-corrected chi connectivity index (χ0v) is 15.3. The standard InChI is InChI=1S/C18H21N5O3/c1-11-13-5-6-22(17(13)23-18(21-11)19-10-20-23)9-12-7-14(24-2)16(26-4)15(8-12)25-3/h7-8,10H,5-6,9H2,1-4H3. The molecule has 3 aromatic rings. The van der Waals surface area contributed by atoms with Gasteiger partial charge in [0.2, 0.25) is 5.75 Å². The van der Waals surface area contributed by atoms with Crippen LogP contribution in [0.3, 0.4) is 0 Å². The Morgan fingerprint density at radius 2 is 1.81 bits per heavy atom. The molecule has 0 atom stereocenters. The normalized spacial score (nSPS) is 13.2. The molecular weight excluding hydrogens is 334 g/mol. The summed E-state index contributed by atoms with van der Waals surface area (Å²) in [6.45, 7) is 3.62. The van der Waals surface area contributed by atoms with E-state index >= 15 is 0 Å². The molecular formula is C18H21N5O3. The van der Waals surface area contributed by atoms with Crippen LogP contribution in [0.4, 0.5) is 5.82 Å². The molecule has 0 saturated carbocycles. The average Bonchev–Trinajstić information content (AvgIpc) is 3.27. The number of ether oxygens (including phenoxy) is 3. The lowest BCUT2D eigenvalue weighted by Crippen LogP contribution is -2.22. The molecule has 4 rings (SSSR count). The summed E-state index contributed by atoms with van der Waals surface area (Å²) in [6.07, 6.45) is 2.48. The highest BCUT2D eigenvalue weighted by atomic mass is 16.5. The summed E-state index contributed by atoms with van der Waals surface area (Å²) in [6, 6.07) is 3.96. The minimum absolute atomic E-state index is 0.597. The molecule has 136 valence electrons. The van der Waals surface area contributed by atoms with Crippen molar-refractivity contribution in [3.8, 4) is 17.2 Å². The van der Waals surface area contributed by atoms with Gasteiger partial charge in [-0.05, 0) is 31.0 Å². The van der Waals surface area contributed by atoms with Crippen LogP contribution < -0.4 is 19.1 Å². The van der Waals surface area contributed by atoms with Crippen molar-refractivity contribution in [2.75, 3.05) is 32.8 Å². The smallest absolute Gasteiger partial charge is 0.254 e. The Bertz CT molecular complexity index is 944. The van der Waals surface area contributed by atoms with Crippen LogP contribution in [0.5, 0.6) is 17.2 Å². The topological polar surface area (TPSA) is 74.0 Å². The van der Waals surface area contributed by atoms with E-state index < -0.39 is 0 Å². The van der Waals surface area contributed by atoms with E-state index in [1.807, 2.05) is 23.6 Å². The van der Waals surface area contributed by atoms with Gasteiger partial charge in [0.05, 0.1) is 21.3 Å². The first-order valence-corrected chi connectivity index (χ1v) is 8.39. The maximum atomic E-state index is 5.47. The largest absolute Gasteiger partial charge is 0.493 e. The fraction of sp³-hybridized carbons (Fsp3) is 0.389. The van der Waals surface area contributed by atoms with Crippen molar-refractivity contribution in [3.63, 3.8) is 0 Å². The summed E-state index contributed by atoms with van der Waals surface area (Å²) in [7, 11) is 4.86. The highest BCUT2D eigenvalue weighted by Gasteiger charge is 2.26. The van der Waals surface area contributed by atoms with Gasteiger partial charge in [-0.25, -0.2) is 4.98 Å². The van der Waals surface area contributed by atoms with Crippen LogP contribution in [-0.2, 0) is 13.0 Å². The Kier molecular flexibility index (Phi) is 4.02. The van der Waals surface area contributed by atoms with Gasteiger partial charge in [-0.1, -0.05) is 0 Å². The van der Waals surface area contributed by atoms with Gasteiger partial charge in [-0.3, -0.25) is 0 Å². The van der Waals surface area contributed by atoms with E-state index in [9.17, 15) is 0 Å². The second-order valence-corrected chi connectivity index (χ2v) is 6.18. The van der Waals surface area contributed by atoms with Gasteiger partial charge in [0.1, 0.15) is 12.1 Å². The molecule has 3 heterocycles. The van der Waals surface area contributed by atoms with E-state index in [1.54, 1.807) is 21.3 Å². The Hall–Kier alpha value is -3.03. The Labute approximate surface area is 151 Å². The molecule has 0 radical (unpaired) electrons. The number of hydrogen-bond acceptors (Lipinski definition) is 7. The van der Waals surface area contributed by atoms with Crippen molar-refractivity contribution in [3.05, 3.63) is 35.3 Å². The number of methoxy groups -OCH3 is 3. The van der Waals surface area contributed by atoms with Crippen LogP contribution in [0, 0.1) is 6.92 Å². The molecule has 0 amide bonds. The second kappa shape index (κ2) is 6.36. The molecule has 0 spiro atoms. The lowest BCUT2D eigenvalue weighted by molar-refractivity contribution is 0.324. The fourth-order valence-electron chi connectivity index (χ4n) is 3.54. The van der Waals surface area contributed by atoms with Crippen LogP contribution in [-0.4, -0.2) is 47.5 Å². The summed E-state index contributed by atoms with van der Waals surface area (Å²) in [5.41, 5.74) is 3.29. The van der Waals surface area contributed by atoms with E-state index in [0.29, 0.717) is 29.6 Å². The van der Waals surface area contributed by atoms with Crippen LogP contribution >= 0.6 is 0 Å². The first kappa shape index (κ1) is 16.4. The van der Waals surface area contributed by atoms with Crippen molar-refractivity contribution >= 4 is 11.6 Å². The molecule has 1 aliphatic rings. The molecule has 0 unspecified atom stereocenters. The number of benzene rings is 1. The van der Waals surface area contributed by atoms with Gasteiger partial charge in [0, 0.05) is 24.3 Å². The highest BCUT2D eigenvalue weighted by molar-refractivity contribution is 5.60. The monoisotopic (exact) mass is 355 g/mol. The maximum absolute atomic E-state index is 5.47. The molecule has 26 heavy (non-hydrogen) atoms. The van der Waals surface area contributed by atoms with E-state index in [-0.39, 0.29) is 0 Å². The molecule has 8 nitrogen and oxygen atoms in total. The lowest BCUT2D eigenvalue weighted by Gasteiger charge is -2.21. The Balaban J connectivity index is 1.75. The third-order valence-electron chi connectivity index (χ3n) is 4.73. The molecule has 8 heteroatoms. The van der Waals surface area contributed by atoms with Gasteiger partial charge in [-0.2, -0.15) is 14.6 Å². The SMILES string of the molecule is COc1cc(CN2CCc3c(C)nc4ncnn4c32)cc(OC)c1OC. The van der Waals surface area contributed by atoms with Crippen LogP contribution in [0.2, 0.25) is 0 Å². The number of rotatable bonds is 5. The van der Waals surface area contributed by atoms with Crippen molar-refractivity contribution in [2.24, 2.45) is 0 Å². The van der Waals surface area contributed by atoms with Crippen molar-refractivity contribution in [1.82, 2.24) is 19.6 Å². The molecule has 1 aromatic carbocycles. The summed E-state index contributed by atoms with van der Waals surface area (Å²) >= 11 is 0. The third-order valence-corrected chi connectivity index (χ3v) is 4.73. The van der Waals surface area contributed by atoms with Crippen molar-refractivity contribution in [1.29, 1.82) is 0 Å². The summed E-state index contributed by atoms with van der Waals surface area (Å²) < 4.78 is 18.2. The van der Waals surface area contributed by atoms with Gasteiger partial charge >= 0.3 is 0 Å². The third kappa shape index (κ3) is 2.49. The zero-order chi connectivity index (χ0) is 18.3. The van der Waals surface area contributed by atoms with E-state index in [4.69, 9.17) is 14.2 Å². The predicted octanol–water partition coefficient (Wildman–Crippen LogP) is 2.02. The van der Waals surface area contributed by atoms with Gasteiger partial charge in [0.15, 0.2) is 11.5 Å².